The molecule has 0 aromatic heterocycles. The summed E-state index contributed by atoms with van der Waals surface area (Å²) in [5.74, 6) is 1.56. The van der Waals surface area contributed by atoms with Crippen LogP contribution >= 0.6 is 24.0 Å². The van der Waals surface area contributed by atoms with E-state index in [4.69, 9.17) is 0 Å². The van der Waals surface area contributed by atoms with Crippen molar-refractivity contribution in [3.05, 3.63) is 35.9 Å². The summed E-state index contributed by atoms with van der Waals surface area (Å²) in [6.45, 7) is 12.4. The van der Waals surface area contributed by atoms with E-state index < -0.39 is 0 Å². The van der Waals surface area contributed by atoms with E-state index >= 15 is 0 Å². The zero-order valence-corrected chi connectivity index (χ0v) is 20.2. The molecule has 2 aliphatic heterocycles. The summed E-state index contributed by atoms with van der Waals surface area (Å²) in [7, 11) is 1.88. The number of benzene rings is 1. The summed E-state index contributed by atoms with van der Waals surface area (Å²) < 4.78 is 0. The standard InChI is InChI=1S/C22H37N5.HI/c1-17(2)27-15-18(3)20(16-27)25-22(23-4)24-14-21(26-12-8-9-13-26)19-10-6-5-7-11-19;/h5-7,10-11,17-18,20-21H,8-9,12-16H2,1-4H3,(H2,23,24,25);1H. The molecule has 3 atom stereocenters. The molecular formula is C22H38IN5. The highest BCUT2D eigenvalue weighted by Crippen LogP contribution is 2.24. The van der Waals surface area contributed by atoms with E-state index in [0.717, 1.165) is 25.6 Å². The number of halogens is 1. The Bertz CT molecular complexity index is 600. The van der Waals surface area contributed by atoms with E-state index in [2.05, 4.69) is 76.5 Å². The number of nitrogens with one attached hydrogen (secondary N) is 2. The van der Waals surface area contributed by atoms with Crippen LogP contribution in [0.5, 0.6) is 0 Å². The van der Waals surface area contributed by atoms with Crippen molar-refractivity contribution in [1.29, 1.82) is 0 Å². The normalized spacial score (nSPS) is 25.0. The minimum absolute atomic E-state index is 0. The third-order valence-electron chi connectivity index (χ3n) is 6.15. The minimum atomic E-state index is 0. The highest BCUT2D eigenvalue weighted by molar-refractivity contribution is 14.0. The molecule has 2 N–H and O–H groups in total. The van der Waals surface area contributed by atoms with E-state index in [-0.39, 0.29) is 24.0 Å². The second-order valence-corrected chi connectivity index (χ2v) is 8.40. The van der Waals surface area contributed by atoms with Crippen molar-refractivity contribution in [3.8, 4) is 0 Å². The fraction of sp³-hybridized carbons (Fsp3) is 0.682. The van der Waals surface area contributed by atoms with Crippen molar-refractivity contribution in [1.82, 2.24) is 20.4 Å². The molecule has 158 valence electrons. The molecule has 3 unspecified atom stereocenters. The van der Waals surface area contributed by atoms with E-state index in [1.165, 1.54) is 31.5 Å². The van der Waals surface area contributed by atoms with Gasteiger partial charge in [0.15, 0.2) is 5.96 Å². The topological polar surface area (TPSA) is 42.9 Å². The fourth-order valence-corrected chi connectivity index (χ4v) is 4.36. The molecule has 2 aliphatic rings. The van der Waals surface area contributed by atoms with Crippen LogP contribution in [0.2, 0.25) is 0 Å². The van der Waals surface area contributed by atoms with Crippen LogP contribution in [0.3, 0.4) is 0 Å². The van der Waals surface area contributed by atoms with Crippen LogP contribution in [-0.2, 0) is 0 Å². The fourth-order valence-electron chi connectivity index (χ4n) is 4.36. The lowest BCUT2D eigenvalue weighted by atomic mass is 10.1. The average molecular weight is 499 g/mol. The van der Waals surface area contributed by atoms with Crippen LogP contribution in [0.4, 0.5) is 0 Å². The van der Waals surface area contributed by atoms with Gasteiger partial charge in [-0.2, -0.15) is 0 Å². The second kappa shape index (κ2) is 11.4. The Kier molecular flexibility index (Phi) is 9.50. The van der Waals surface area contributed by atoms with Gasteiger partial charge in [0.2, 0.25) is 0 Å². The molecule has 0 spiro atoms. The molecule has 3 rings (SSSR count). The van der Waals surface area contributed by atoms with Crippen LogP contribution in [0, 0.1) is 5.92 Å². The Hall–Kier alpha value is -0.860. The molecule has 6 heteroatoms. The lowest BCUT2D eigenvalue weighted by molar-refractivity contribution is 0.245. The number of guanidine groups is 1. The molecule has 5 nitrogen and oxygen atoms in total. The van der Waals surface area contributed by atoms with E-state index in [1.54, 1.807) is 0 Å². The maximum atomic E-state index is 4.51. The summed E-state index contributed by atoms with van der Waals surface area (Å²) in [4.78, 5) is 9.66. The Morgan fingerprint density at radius 2 is 1.79 bits per heavy atom. The van der Waals surface area contributed by atoms with E-state index in [0.29, 0.717) is 24.0 Å². The molecule has 0 saturated carbocycles. The molecular weight excluding hydrogens is 461 g/mol. The summed E-state index contributed by atoms with van der Waals surface area (Å²) in [5.41, 5.74) is 1.39. The van der Waals surface area contributed by atoms with Gasteiger partial charge in [-0.05, 0) is 51.3 Å². The van der Waals surface area contributed by atoms with Gasteiger partial charge in [-0.25, -0.2) is 0 Å². The third kappa shape index (κ3) is 6.07. The maximum absolute atomic E-state index is 4.51. The van der Waals surface area contributed by atoms with Gasteiger partial charge >= 0.3 is 0 Å². The molecule has 0 aliphatic carbocycles. The first-order chi connectivity index (χ1) is 13.1. The maximum Gasteiger partial charge on any atom is 0.191 e. The number of nitrogens with zero attached hydrogens (tertiary/aromatic N) is 3. The van der Waals surface area contributed by atoms with E-state index in [9.17, 15) is 0 Å². The van der Waals surface area contributed by atoms with Crippen molar-refractivity contribution in [3.63, 3.8) is 0 Å². The number of hydrogen-bond donors (Lipinski definition) is 2. The third-order valence-corrected chi connectivity index (χ3v) is 6.15. The lowest BCUT2D eigenvalue weighted by Crippen LogP contribution is -2.48. The van der Waals surface area contributed by atoms with Gasteiger partial charge in [-0.15, -0.1) is 24.0 Å². The zero-order valence-electron chi connectivity index (χ0n) is 17.9. The smallest absolute Gasteiger partial charge is 0.191 e. The monoisotopic (exact) mass is 499 g/mol. The molecule has 0 amide bonds. The SMILES string of the molecule is CN=C(NCC(c1ccccc1)N1CCCC1)NC1CN(C(C)C)CC1C.I. The Balaban J connectivity index is 0.00000280. The first-order valence-electron chi connectivity index (χ1n) is 10.6. The Morgan fingerprint density at radius 3 is 2.36 bits per heavy atom. The van der Waals surface area contributed by atoms with Crippen LogP contribution < -0.4 is 10.6 Å². The van der Waals surface area contributed by atoms with Crippen molar-refractivity contribution in [2.24, 2.45) is 10.9 Å². The lowest BCUT2D eigenvalue weighted by Gasteiger charge is -2.29. The zero-order chi connectivity index (χ0) is 19.2. The number of aliphatic imine (C=N–C) groups is 1. The molecule has 28 heavy (non-hydrogen) atoms. The van der Waals surface area contributed by atoms with Crippen molar-refractivity contribution < 1.29 is 0 Å². The predicted molar refractivity (Wildman–Crippen MR) is 130 cm³/mol. The van der Waals surface area contributed by atoms with Gasteiger partial charge in [0.25, 0.3) is 0 Å². The summed E-state index contributed by atoms with van der Waals surface area (Å²) in [6, 6.07) is 12.4. The van der Waals surface area contributed by atoms with Crippen LogP contribution in [0.15, 0.2) is 35.3 Å². The molecule has 2 heterocycles. The van der Waals surface area contributed by atoms with Gasteiger partial charge in [0, 0.05) is 38.8 Å². The molecule has 2 fully saturated rings. The second-order valence-electron chi connectivity index (χ2n) is 8.40. The van der Waals surface area contributed by atoms with E-state index in [1.807, 2.05) is 7.05 Å². The van der Waals surface area contributed by atoms with Crippen molar-refractivity contribution in [2.45, 2.75) is 51.7 Å². The molecule has 0 bridgehead atoms. The first kappa shape index (κ1) is 23.4. The van der Waals surface area contributed by atoms with Crippen LogP contribution in [0.25, 0.3) is 0 Å². The van der Waals surface area contributed by atoms with Crippen molar-refractivity contribution >= 4 is 29.9 Å². The Morgan fingerprint density at radius 1 is 1.11 bits per heavy atom. The number of rotatable bonds is 6. The minimum Gasteiger partial charge on any atom is -0.354 e. The summed E-state index contributed by atoms with van der Waals surface area (Å²) in [6.07, 6.45) is 2.61. The van der Waals surface area contributed by atoms with Gasteiger partial charge in [-0.1, -0.05) is 37.3 Å². The number of likely N-dealkylation sites (tertiary alicyclic amines) is 2. The number of hydrogen-bond acceptors (Lipinski definition) is 3. The van der Waals surface area contributed by atoms with Crippen molar-refractivity contribution in [2.75, 3.05) is 39.8 Å². The van der Waals surface area contributed by atoms with Crippen LogP contribution in [-0.4, -0.2) is 67.6 Å². The Labute approximate surface area is 188 Å². The summed E-state index contributed by atoms with van der Waals surface area (Å²) in [5, 5.41) is 7.29. The highest BCUT2D eigenvalue weighted by atomic mass is 127. The summed E-state index contributed by atoms with van der Waals surface area (Å²) >= 11 is 0. The molecule has 1 aromatic carbocycles. The van der Waals surface area contributed by atoms with Gasteiger partial charge in [-0.3, -0.25) is 14.8 Å². The average Bonchev–Trinajstić information content (AvgIpc) is 3.32. The van der Waals surface area contributed by atoms with Crippen LogP contribution in [0.1, 0.15) is 45.2 Å². The van der Waals surface area contributed by atoms with Gasteiger partial charge in [0.1, 0.15) is 0 Å². The predicted octanol–water partition coefficient (Wildman–Crippen LogP) is 3.34. The molecule has 0 radical (unpaired) electrons. The van der Waals surface area contributed by atoms with Gasteiger partial charge < -0.3 is 10.6 Å². The van der Waals surface area contributed by atoms with Gasteiger partial charge in [0.05, 0.1) is 6.04 Å². The molecule has 1 aromatic rings. The quantitative estimate of drug-likeness (QED) is 0.358. The first-order valence-corrected chi connectivity index (χ1v) is 10.6. The largest absolute Gasteiger partial charge is 0.354 e. The molecule has 2 saturated heterocycles. The highest BCUT2D eigenvalue weighted by Gasteiger charge is 2.31.